The van der Waals surface area contributed by atoms with Crippen molar-refractivity contribution in [3.05, 3.63) is 59.8 Å². The number of methoxy groups -OCH3 is 1. The van der Waals surface area contributed by atoms with E-state index in [-0.39, 0.29) is 18.3 Å². The second kappa shape index (κ2) is 7.77. The number of hydrogen-bond donors (Lipinski definition) is 1. The van der Waals surface area contributed by atoms with Gasteiger partial charge in [0.05, 0.1) is 24.7 Å². The lowest BCUT2D eigenvalue weighted by molar-refractivity contribution is 0.0992. The molecule has 7 heteroatoms. The molecule has 1 amide bonds. The van der Waals surface area contributed by atoms with E-state index in [0.29, 0.717) is 22.9 Å². The Bertz CT molecular complexity index is 898. The summed E-state index contributed by atoms with van der Waals surface area (Å²) >= 11 is 0. The average Bonchev–Trinajstić information content (AvgIpc) is 3.27. The zero-order valence-corrected chi connectivity index (χ0v) is 15.0. The van der Waals surface area contributed by atoms with E-state index in [9.17, 15) is 4.79 Å². The highest BCUT2D eigenvalue weighted by Crippen LogP contribution is 2.21. The molecule has 0 unspecified atom stereocenters. The minimum absolute atomic E-state index is 0.216. The molecule has 0 radical (unpaired) electrons. The quantitative estimate of drug-likeness (QED) is 0.700. The van der Waals surface area contributed by atoms with Gasteiger partial charge in [-0.3, -0.25) is 9.48 Å². The smallest absolute Gasteiger partial charge is 0.291 e. The largest absolute Gasteiger partial charge is 0.497 e. The SMILES string of the molecule is CCn1ncc(NC(=O)c2ccc(COc3cccc(OC)c3)o2)c1C. The number of aromatic nitrogens is 2. The van der Waals surface area contributed by atoms with Crippen LogP contribution in [0.15, 0.2) is 47.0 Å². The van der Waals surface area contributed by atoms with Crippen molar-refractivity contribution in [3.8, 4) is 11.5 Å². The Balaban J connectivity index is 1.61. The number of aryl methyl sites for hydroxylation is 1. The molecule has 0 saturated heterocycles. The van der Waals surface area contributed by atoms with Crippen LogP contribution in [0.3, 0.4) is 0 Å². The molecule has 0 spiro atoms. The Morgan fingerprint density at radius 3 is 2.81 bits per heavy atom. The number of furan rings is 1. The summed E-state index contributed by atoms with van der Waals surface area (Å²) in [6.07, 6.45) is 1.63. The highest BCUT2D eigenvalue weighted by Gasteiger charge is 2.15. The van der Waals surface area contributed by atoms with Crippen LogP contribution in [0.2, 0.25) is 0 Å². The van der Waals surface area contributed by atoms with E-state index in [1.54, 1.807) is 31.5 Å². The standard InChI is InChI=1S/C19H21N3O4/c1-4-22-13(2)17(11-20-22)21-19(23)18-9-8-16(26-18)12-25-15-7-5-6-14(10-15)24-3/h5-11H,4,12H2,1-3H3,(H,21,23). The van der Waals surface area contributed by atoms with E-state index in [1.165, 1.54) is 0 Å². The van der Waals surface area contributed by atoms with Crippen molar-refractivity contribution in [1.82, 2.24) is 9.78 Å². The van der Waals surface area contributed by atoms with Gasteiger partial charge in [0.25, 0.3) is 5.91 Å². The summed E-state index contributed by atoms with van der Waals surface area (Å²) in [7, 11) is 1.60. The third-order valence-electron chi connectivity index (χ3n) is 3.96. The topological polar surface area (TPSA) is 78.5 Å². The highest BCUT2D eigenvalue weighted by molar-refractivity contribution is 6.02. The van der Waals surface area contributed by atoms with E-state index < -0.39 is 0 Å². The molecule has 26 heavy (non-hydrogen) atoms. The van der Waals surface area contributed by atoms with Crippen LogP contribution in [0.25, 0.3) is 0 Å². The second-order valence-corrected chi connectivity index (χ2v) is 5.65. The van der Waals surface area contributed by atoms with E-state index in [4.69, 9.17) is 13.9 Å². The number of rotatable bonds is 7. The van der Waals surface area contributed by atoms with E-state index >= 15 is 0 Å². The third-order valence-corrected chi connectivity index (χ3v) is 3.96. The number of amides is 1. The van der Waals surface area contributed by atoms with Gasteiger partial charge in [0.1, 0.15) is 23.9 Å². The average molecular weight is 355 g/mol. The van der Waals surface area contributed by atoms with Crippen LogP contribution in [-0.4, -0.2) is 22.8 Å². The Labute approximate surface area is 151 Å². The minimum atomic E-state index is -0.323. The number of carbonyl (C=O) groups excluding carboxylic acids is 1. The van der Waals surface area contributed by atoms with Gasteiger partial charge >= 0.3 is 0 Å². The summed E-state index contributed by atoms with van der Waals surface area (Å²) in [6, 6.07) is 10.6. The predicted octanol–water partition coefficient (Wildman–Crippen LogP) is 3.64. The Morgan fingerprint density at radius 2 is 2.08 bits per heavy atom. The lowest BCUT2D eigenvalue weighted by Gasteiger charge is -2.06. The number of ether oxygens (including phenoxy) is 2. The molecule has 0 atom stereocenters. The minimum Gasteiger partial charge on any atom is -0.497 e. The molecule has 3 aromatic rings. The summed E-state index contributed by atoms with van der Waals surface area (Å²) < 4.78 is 18.2. The number of nitrogens with one attached hydrogen (secondary N) is 1. The number of benzene rings is 1. The van der Waals surface area contributed by atoms with Crippen LogP contribution in [0.5, 0.6) is 11.5 Å². The summed E-state index contributed by atoms with van der Waals surface area (Å²) in [6.45, 7) is 4.86. The Kier molecular flexibility index (Phi) is 5.26. The number of carbonyl (C=O) groups is 1. The second-order valence-electron chi connectivity index (χ2n) is 5.65. The number of anilines is 1. The molecule has 0 aliphatic carbocycles. The van der Waals surface area contributed by atoms with Crippen LogP contribution in [0.4, 0.5) is 5.69 Å². The molecule has 0 fully saturated rings. The summed E-state index contributed by atoms with van der Waals surface area (Å²) in [5, 5.41) is 7.01. The number of hydrogen-bond acceptors (Lipinski definition) is 5. The fraction of sp³-hybridized carbons (Fsp3) is 0.263. The van der Waals surface area contributed by atoms with E-state index in [2.05, 4.69) is 10.4 Å². The van der Waals surface area contributed by atoms with Gasteiger partial charge in [-0.15, -0.1) is 0 Å². The van der Waals surface area contributed by atoms with Crippen molar-refractivity contribution in [2.45, 2.75) is 27.0 Å². The Hall–Kier alpha value is -3.22. The van der Waals surface area contributed by atoms with Crippen LogP contribution in [-0.2, 0) is 13.2 Å². The van der Waals surface area contributed by atoms with Gasteiger partial charge in [-0.25, -0.2) is 0 Å². The van der Waals surface area contributed by atoms with Gasteiger partial charge in [0.15, 0.2) is 5.76 Å². The molecule has 136 valence electrons. The van der Waals surface area contributed by atoms with Crippen LogP contribution in [0.1, 0.15) is 28.9 Å². The van der Waals surface area contributed by atoms with Gasteiger partial charge in [-0.1, -0.05) is 6.07 Å². The van der Waals surface area contributed by atoms with Crippen LogP contribution >= 0.6 is 0 Å². The molecule has 0 saturated carbocycles. The van der Waals surface area contributed by atoms with E-state index in [1.807, 2.05) is 36.7 Å². The maximum absolute atomic E-state index is 12.3. The first-order valence-corrected chi connectivity index (χ1v) is 8.30. The zero-order chi connectivity index (χ0) is 18.5. The summed E-state index contributed by atoms with van der Waals surface area (Å²) in [5.41, 5.74) is 1.57. The normalized spacial score (nSPS) is 10.6. The molecule has 2 heterocycles. The van der Waals surface area contributed by atoms with Crippen LogP contribution < -0.4 is 14.8 Å². The van der Waals surface area contributed by atoms with Crippen molar-refractivity contribution in [2.24, 2.45) is 0 Å². The van der Waals surface area contributed by atoms with Gasteiger partial charge < -0.3 is 19.2 Å². The molecular formula is C19H21N3O4. The molecule has 1 N–H and O–H groups in total. The molecule has 3 rings (SSSR count). The fourth-order valence-corrected chi connectivity index (χ4v) is 2.49. The Morgan fingerprint density at radius 1 is 1.27 bits per heavy atom. The van der Waals surface area contributed by atoms with Crippen molar-refractivity contribution in [2.75, 3.05) is 12.4 Å². The molecule has 7 nitrogen and oxygen atoms in total. The first kappa shape index (κ1) is 17.6. The van der Waals surface area contributed by atoms with Gasteiger partial charge in [0, 0.05) is 12.6 Å². The first-order chi connectivity index (χ1) is 12.6. The third kappa shape index (κ3) is 3.88. The lowest BCUT2D eigenvalue weighted by Crippen LogP contribution is -2.11. The van der Waals surface area contributed by atoms with Crippen molar-refractivity contribution in [3.63, 3.8) is 0 Å². The van der Waals surface area contributed by atoms with E-state index in [0.717, 1.165) is 12.2 Å². The predicted molar refractivity (Wildman–Crippen MR) is 96.6 cm³/mol. The molecule has 2 aromatic heterocycles. The highest BCUT2D eigenvalue weighted by atomic mass is 16.5. The molecule has 0 aliphatic heterocycles. The lowest BCUT2D eigenvalue weighted by atomic mass is 10.3. The van der Waals surface area contributed by atoms with Crippen LogP contribution in [0, 0.1) is 6.92 Å². The van der Waals surface area contributed by atoms with Gasteiger partial charge in [-0.05, 0) is 38.1 Å². The molecule has 0 aliphatic rings. The summed E-state index contributed by atoms with van der Waals surface area (Å²) in [5.74, 6) is 1.83. The first-order valence-electron chi connectivity index (χ1n) is 8.30. The molecular weight excluding hydrogens is 334 g/mol. The summed E-state index contributed by atoms with van der Waals surface area (Å²) in [4.78, 5) is 12.3. The van der Waals surface area contributed by atoms with Gasteiger partial charge in [0.2, 0.25) is 0 Å². The van der Waals surface area contributed by atoms with Crippen molar-refractivity contribution < 1.29 is 18.7 Å². The zero-order valence-electron chi connectivity index (χ0n) is 15.0. The van der Waals surface area contributed by atoms with Crippen molar-refractivity contribution >= 4 is 11.6 Å². The maximum atomic E-state index is 12.3. The van der Waals surface area contributed by atoms with Gasteiger partial charge in [-0.2, -0.15) is 5.10 Å². The molecule has 1 aromatic carbocycles. The number of nitrogens with zero attached hydrogens (tertiary/aromatic N) is 2. The fourth-order valence-electron chi connectivity index (χ4n) is 2.49. The van der Waals surface area contributed by atoms with Crippen molar-refractivity contribution in [1.29, 1.82) is 0 Å². The monoisotopic (exact) mass is 355 g/mol. The molecule has 0 bridgehead atoms. The maximum Gasteiger partial charge on any atom is 0.291 e.